The van der Waals surface area contributed by atoms with Crippen molar-refractivity contribution in [3.8, 4) is 11.1 Å². The lowest BCUT2D eigenvalue weighted by atomic mass is 10.0. The number of para-hydroxylation sites is 2. The molecule has 0 aliphatic rings. The first-order valence-corrected chi connectivity index (χ1v) is 12.7. The molecule has 0 saturated heterocycles. The van der Waals surface area contributed by atoms with Crippen LogP contribution in [0.15, 0.2) is 138 Å². The monoisotopic (exact) mass is 495 g/mol. The predicted molar refractivity (Wildman–Crippen MR) is 156 cm³/mol. The molecule has 1 aromatic heterocycles. The number of fused-ring (bicyclic) bond motifs is 5. The summed E-state index contributed by atoms with van der Waals surface area (Å²) in [6.07, 6.45) is 0. The van der Waals surface area contributed by atoms with E-state index in [0.29, 0.717) is 5.02 Å². The molecule has 176 valence electrons. The minimum absolute atomic E-state index is 0.702. The maximum Gasteiger partial charge on any atom is 0.159 e. The molecule has 0 aliphatic carbocycles. The molecule has 0 fully saturated rings. The molecule has 7 aromatic rings. The van der Waals surface area contributed by atoms with Gasteiger partial charge in [-0.3, -0.25) is 0 Å². The second-order valence-corrected chi connectivity index (χ2v) is 9.55. The van der Waals surface area contributed by atoms with Gasteiger partial charge in [0.05, 0.1) is 11.4 Å². The van der Waals surface area contributed by atoms with Gasteiger partial charge in [0.1, 0.15) is 5.58 Å². The lowest BCUT2D eigenvalue weighted by Gasteiger charge is -2.28. The third-order valence-electron chi connectivity index (χ3n) is 6.92. The van der Waals surface area contributed by atoms with E-state index in [4.69, 9.17) is 16.0 Å². The van der Waals surface area contributed by atoms with Gasteiger partial charge >= 0.3 is 0 Å². The lowest BCUT2D eigenvalue weighted by molar-refractivity contribution is 0.669. The second kappa shape index (κ2) is 8.85. The van der Waals surface area contributed by atoms with Crippen molar-refractivity contribution in [2.45, 2.75) is 0 Å². The zero-order valence-corrected chi connectivity index (χ0v) is 20.7. The molecular weight excluding hydrogens is 474 g/mol. The molecule has 2 nitrogen and oxygen atoms in total. The summed E-state index contributed by atoms with van der Waals surface area (Å²) in [6.45, 7) is 0. The van der Waals surface area contributed by atoms with Crippen LogP contribution in [-0.4, -0.2) is 0 Å². The zero-order valence-electron chi connectivity index (χ0n) is 19.9. The van der Waals surface area contributed by atoms with E-state index in [1.54, 1.807) is 0 Å². The summed E-state index contributed by atoms with van der Waals surface area (Å²) in [7, 11) is 0. The van der Waals surface area contributed by atoms with Crippen molar-refractivity contribution < 1.29 is 4.42 Å². The number of halogens is 1. The van der Waals surface area contributed by atoms with Crippen LogP contribution in [0.2, 0.25) is 5.02 Å². The van der Waals surface area contributed by atoms with Crippen LogP contribution in [0, 0.1) is 0 Å². The first kappa shape index (κ1) is 21.7. The molecule has 0 unspecified atom stereocenters. The van der Waals surface area contributed by atoms with Crippen molar-refractivity contribution in [1.82, 2.24) is 0 Å². The van der Waals surface area contributed by atoms with Gasteiger partial charge in [0.15, 0.2) is 5.58 Å². The van der Waals surface area contributed by atoms with Crippen LogP contribution in [0.3, 0.4) is 0 Å². The molecule has 0 bridgehead atoms. The molecule has 1 heterocycles. The highest BCUT2D eigenvalue weighted by atomic mass is 35.5. The van der Waals surface area contributed by atoms with Gasteiger partial charge < -0.3 is 9.32 Å². The number of rotatable bonds is 4. The van der Waals surface area contributed by atoms with Crippen molar-refractivity contribution in [3.05, 3.63) is 138 Å². The summed E-state index contributed by atoms with van der Waals surface area (Å²) in [4.78, 5) is 2.27. The van der Waals surface area contributed by atoms with E-state index in [9.17, 15) is 0 Å². The molecule has 7 rings (SSSR count). The van der Waals surface area contributed by atoms with Gasteiger partial charge in [0, 0.05) is 27.0 Å². The zero-order chi connectivity index (χ0) is 24.8. The van der Waals surface area contributed by atoms with Crippen LogP contribution in [-0.2, 0) is 0 Å². The van der Waals surface area contributed by atoms with E-state index in [2.05, 4.69) is 120 Å². The normalized spacial score (nSPS) is 11.4. The molecule has 0 atom stereocenters. The Hall–Kier alpha value is -4.53. The summed E-state index contributed by atoms with van der Waals surface area (Å²) in [5.41, 5.74) is 7.07. The van der Waals surface area contributed by atoms with Gasteiger partial charge in [-0.15, -0.1) is 0 Å². The molecule has 0 aliphatic heterocycles. The molecular formula is C34H22ClNO. The summed E-state index contributed by atoms with van der Waals surface area (Å²) in [5.74, 6) is 0. The Morgan fingerprint density at radius 2 is 1.24 bits per heavy atom. The van der Waals surface area contributed by atoms with Gasteiger partial charge in [0.2, 0.25) is 0 Å². The number of furan rings is 1. The molecule has 6 aromatic carbocycles. The van der Waals surface area contributed by atoms with E-state index in [0.717, 1.165) is 50.1 Å². The average molecular weight is 496 g/mol. The van der Waals surface area contributed by atoms with Gasteiger partial charge in [-0.2, -0.15) is 0 Å². The van der Waals surface area contributed by atoms with E-state index in [1.807, 2.05) is 18.2 Å². The Kier molecular flexibility index (Phi) is 5.20. The Morgan fingerprint density at radius 1 is 0.541 bits per heavy atom. The van der Waals surface area contributed by atoms with Crippen LogP contribution < -0.4 is 4.90 Å². The van der Waals surface area contributed by atoms with Crippen molar-refractivity contribution in [2.24, 2.45) is 0 Å². The third-order valence-corrected chi connectivity index (χ3v) is 7.17. The number of nitrogens with zero attached hydrogens (tertiary/aromatic N) is 1. The van der Waals surface area contributed by atoms with Crippen molar-refractivity contribution in [3.63, 3.8) is 0 Å². The fourth-order valence-corrected chi connectivity index (χ4v) is 5.38. The Bertz CT molecular complexity index is 1890. The quantitative estimate of drug-likeness (QED) is 0.241. The van der Waals surface area contributed by atoms with Gasteiger partial charge in [-0.25, -0.2) is 0 Å². The van der Waals surface area contributed by atoms with Crippen LogP contribution in [0.5, 0.6) is 0 Å². The molecule has 37 heavy (non-hydrogen) atoms. The maximum absolute atomic E-state index is 6.62. The van der Waals surface area contributed by atoms with Crippen molar-refractivity contribution in [1.29, 1.82) is 0 Å². The largest absolute Gasteiger partial charge is 0.454 e. The van der Waals surface area contributed by atoms with Gasteiger partial charge in [-0.1, -0.05) is 103 Å². The van der Waals surface area contributed by atoms with E-state index >= 15 is 0 Å². The number of anilines is 3. The Morgan fingerprint density at radius 3 is 2.11 bits per heavy atom. The molecule has 0 spiro atoms. The average Bonchev–Trinajstić information content (AvgIpc) is 3.35. The standard InChI is InChI=1S/C34H22ClNO/c35-25-18-20-26(21-19-25)36(30-15-7-6-12-27(30)23-9-2-1-3-10-23)31-16-8-14-29-33-28-13-5-4-11-24(28)17-22-32(33)37-34(29)31/h1-22H. The maximum atomic E-state index is 6.62. The molecule has 0 amide bonds. The highest BCUT2D eigenvalue weighted by Crippen LogP contribution is 2.46. The van der Waals surface area contributed by atoms with Gasteiger partial charge in [0.25, 0.3) is 0 Å². The van der Waals surface area contributed by atoms with E-state index in [1.165, 1.54) is 10.8 Å². The number of hydrogen-bond acceptors (Lipinski definition) is 2. The molecule has 3 heteroatoms. The van der Waals surface area contributed by atoms with Crippen LogP contribution in [0.25, 0.3) is 43.8 Å². The highest BCUT2D eigenvalue weighted by molar-refractivity contribution is 6.30. The van der Waals surface area contributed by atoms with Gasteiger partial charge in [-0.05, 0) is 58.8 Å². The summed E-state index contributed by atoms with van der Waals surface area (Å²) in [6, 6.07) is 46.0. The number of benzene rings is 6. The first-order valence-electron chi connectivity index (χ1n) is 12.3. The Balaban J connectivity index is 1.55. The Labute approximate surface area is 220 Å². The fraction of sp³-hybridized carbons (Fsp3) is 0. The highest BCUT2D eigenvalue weighted by Gasteiger charge is 2.22. The van der Waals surface area contributed by atoms with Crippen molar-refractivity contribution in [2.75, 3.05) is 4.90 Å². The summed E-state index contributed by atoms with van der Waals surface area (Å²) in [5, 5.41) is 5.34. The topological polar surface area (TPSA) is 16.4 Å². The SMILES string of the molecule is Clc1ccc(N(c2ccccc2-c2ccccc2)c2cccc3c2oc2ccc4ccccc4c23)cc1. The molecule has 0 radical (unpaired) electrons. The minimum atomic E-state index is 0.702. The first-order chi connectivity index (χ1) is 18.3. The predicted octanol–water partition coefficient (Wildman–Crippen LogP) is 10.5. The summed E-state index contributed by atoms with van der Waals surface area (Å²) < 4.78 is 6.62. The van der Waals surface area contributed by atoms with Crippen LogP contribution >= 0.6 is 11.6 Å². The van der Waals surface area contributed by atoms with E-state index in [-0.39, 0.29) is 0 Å². The molecule has 0 N–H and O–H groups in total. The lowest BCUT2D eigenvalue weighted by Crippen LogP contribution is -2.11. The number of hydrogen-bond donors (Lipinski definition) is 0. The smallest absolute Gasteiger partial charge is 0.159 e. The molecule has 0 saturated carbocycles. The fourth-order valence-electron chi connectivity index (χ4n) is 5.26. The minimum Gasteiger partial charge on any atom is -0.454 e. The third kappa shape index (κ3) is 3.66. The van der Waals surface area contributed by atoms with Crippen LogP contribution in [0.4, 0.5) is 17.1 Å². The van der Waals surface area contributed by atoms with E-state index < -0.39 is 0 Å². The van der Waals surface area contributed by atoms with Crippen LogP contribution in [0.1, 0.15) is 0 Å². The summed E-state index contributed by atoms with van der Waals surface area (Å²) >= 11 is 6.30. The van der Waals surface area contributed by atoms with Crippen molar-refractivity contribution >= 4 is 61.4 Å². The second-order valence-electron chi connectivity index (χ2n) is 9.11.